The Balaban J connectivity index is 3.93. The summed E-state index contributed by atoms with van der Waals surface area (Å²) in [5.74, 6) is -0.123. The molecule has 0 N–H and O–H groups in total. The molecule has 0 rings (SSSR count). The van der Waals surface area contributed by atoms with E-state index in [0.717, 1.165) is 6.54 Å². The van der Waals surface area contributed by atoms with Crippen molar-refractivity contribution in [1.29, 1.82) is 0 Å². The second-order valence-corrected chi connectivity index (χ2v) is 4.23. The highest BCUT2D eigenvalue weighted by Gasteiger charge is 2.18. The summed E-state index contributed by atoms with van der Waals surface area (Å²) < 4.78 is 4.98. The molecule has 0 radical (unpaired) electrons. The van der Waals surface area contributed by atoms with Crippen LogP contribution >= 0.6 is 0 Å². The summed E-state index contributed by atoms with van der Waals surface area (Å²) in [5, 5.41) is 0. The Labute approximate surface area is 93.8 Å². The number of hydrogen-bond acceptors (Lipinski definition) is 3. The van der Waals surface area contributed by atoms with Gasteiger partial charge in [0.2, 0.25) is 0 Å². The molecule has 0 heterocycles. The second-order valence-electron chi connectivity index (χ2n) is 4.23. The van der Waals surface area contributed by atoms with E-state index in [-0.39, 0.29) is 11.9 Å². The van der Waals surface area contributed by atoms with Crippen molar-refractivity contribution in [2.75, 3.05) is 20.2 Å². The fraction of sp³-hybridized carbons (Fsp3) is 0.917. The van der Waals surface area contributed by atoms with Crippen LogP contribution in [0, 0.1) is 5.92 Å². The fourth-order valence-corrected chi connectivity index (χ4v) is 1.61. The molecule has 0 saturated heterocycles. The highest BCUT2D eigenvalue weighted by molar-refractivity contribution is 5.72. The number of hydrogen-bond donors (Lipinski definition) is 0. The summed E-state index contributed by atoms with van der Waals surface area (Å²) in [4.78, 5) is 13.6. The third kappa shape index (κ3) is 5.78. The van der Waals surface area contributed by atoms with E-state index in [2.05, 4.69) is 25.8 Å². The van der Waals surface area contributed by atoms with Gasteiger partial charge in [-0.3, -0.25) is 4.79 Å². The maximum Gasteiger partial charge on any atom is 0.309 e. The first kappa shape index (κ1) is 14.4. The number of esters is 1. The number of nitrogens with zero attached hydrogens (tertiary/aromatic N) is 1. The Bertz CT molecular complexity index is 182. The lowest BCUT2D eigenvalue weighted by molar-refractivity contribution is -0.148. The molecule has 0 spiro atoms. The maximum atomic E-state index is 11.4. The first-order valence-electron chi connectivity index (χ1n) is 5.89. The molecule has 2 unspecified atom stereocenters. The van der Waals surface area contributed by atoms with E-state index in [1.165, 1.54) is 12.8 Å². The van der Waals surface area contributed by atoms with E-state index in [0.29, 0.717) is 12.6 Å². The van der Waals surface area contributed by atoms with Gasteiger partial charge >= 0.3 is 5.97 Å². The van der Waals surface area contributed by atoms with Gasteiger partial charge in [-0.1, -0.05) is 20.3 Å². The lowest BCUT2D eigenvalue weighted by Gasteiger charge is -2.26. The van der Waals surface area contributed by atoms with Gasteiger partial charge in [0.25, 0.3) is 0 Å². The Morgan fingerprint density at radius 1 is 1.33 bits per heavy atom. The number of rotatable bonds is 7. The lowest BCUT2D eigenvalue weighted by Crippen LogP contribution is -2.35. The largest absolute Gasteiger partial charge is 0.466 e. The third-order valence-electron chi connectivity index (χ3n) is 2.71. The average molecular weight is 215 g/mol. The van der Waals surface area contributed by atoms with Gasteiger partial charge < -0.3 is 9.64 Å². The monoisotopic (exact) mass is 215 g/mol. The van der Waals surface area contributed by atoms with Gasteiger partial charge in [-0.2, -0.15) is 0 Å². The summed E-state index contributed by atoms with van der Waals surface area (Å²) in [7, 11) is 2.07. The fourth-order valence-electron chi connectivity index (χ4n) is 1.61. The summed E-state index contributed by atoms with van der Waals surface area (Å²) in [5.41, 5.74) is 0. The maximum absolute atomic E-state index is 11.4. The lowest BCUT2D eigenvalue weighted by atomic mass is 10.1. The van der Waals surface area contributed by atoms with Crippen molar-refractivity contribution >= 4 is 5.97 Å². The molecule has 0 aliphatic carbocycles. The first-order chi connectivity index (χ1) is 7.02. The topological polar surface area (TPSA) is 29.5 Å². The minimum Gasteiger partial charge on any atom is -0.466 e. The highest BCUT2D eigenvalue weighted by atomic mass is 16.5. The first-order valence-corrected chi connectivity index (χ1v) is 5.89. The summed E-state index contributed by atoms with van der Waals surface area (Å²) >= 11 is 0. The van der Waals surface area contributed by atoms with Gasteiger partial charge in [0.15, 0.2) is 0 Å². The normalized spacial score (nSPS) is 15.1. The van der Waals surface area contributed by atoms with Crippen LogP contribution in [0.2, 0.25) is 0 Å². The molecule has 0 aromatic carbocycles. The minimum absolute atomic E-state index is 0.0331. The Kier molecular flexibility index (Phi) is 7.39. The van der Waals surface area contributed by atoms with Crippen molar-refractivity contribution in [1.82, 2.24) is 4.90 Å². The predicted molar refractivity (Wildman–Crippen MR) is 62.8 cm³/mol. The molecule has 0 aliphatic rings. The van der Waals surface area contributed by atoms with Gasteiger partial charge in [0.05, 0.1) is 12.5 Å². The zero-order chi connectivity index (χ0) is 11.8. The molecule has 0 bridgehead atoms. The van der Waals surface area contributed by atoms with E-state index in [9.17, 15) is 4.79 Å². The van der Waals surface area contributed by atoms with Crippen molar-refractivity contribution in [3.63, 3.8) is 0 Å². The molecule has 2 atom stereocenters. The number of carbonyl (C=O) groups excluding carboxylic acids is 1. The quantitative estimate of drug-likeness (QED) is 0.610. The van der Waals surface area contributed by atoms with Crippen molar-refractivity contribution < 1.29 is 9.53 Å². The molecule has 3 heteroatoms. The van der Waals surface area contributed by atoms with Crippen LogP contribution in [0.25, 0.3) is 0 Å². The zero-order valence-electron chi connectivity index (χ0n) is 10.7. The average Bonchev–Trinajstić information content (AvgIpc) is 2.18. The molecule has 0 saturated carbocycles. The van der Waals surface area contributed by atoms with Gasteiger partial charge in [0.1, 0.15) is 0 Å². The molecule has 90 valence electrons. The minimum atomic E-state index is -0.0898. The van der Waals surface area contributed by atoms with Crippen molar-refractivity contribution in [2.45, 2.75) is 46.6 Å². The van der Waals surface area contributed by atoms with Gasteiger partial charge in [0, 0.05) is 12.6 Å². The predicted octanol–water partition coefficient (Wildman–Crippen LogP) is 2.31. The third-order valence-corrected chi connectivity index (χ3v) is 2.71. The molecular weight excluding hydrogens is 190 g/mol. The Hall–Kier alpha value is -0.570. The van der Waals surface area contributed by atoms with Crippen LogP contribution in [-0.2, 0) is 9.53 Å². The highest BCUT2D eigenvalue weighted by Crippen LogP contribution is 2.08. The van der Waals surface area contributed by atoms with Crippen LogP contribution < -0.4 is 0 Å². The van der Waals surface area contributed by atoms with Crippen molar-refractivity contribution in [2.24, 2.45) is 5.92 Å². The van der Waals surface area contributed by atoms with Crippen LogP contribution in [0.15, 0.2) is 0 Å². The number of carbonyl (C=O) groups is 1. The molecule has 0 amide bonds. The molecule has 0 aromatic rings. The summed E-state index contributed by atoms with van der Waals surface area (Å²) in [6.07, 6.45) is 2.35. The van der Waals surface area contributed by atoms with Crippen LogP contribution in [-0.4, -0.2) is 37.1 Å². The summed E-state index contributed by atoms with van der Waals surface area (Å²) in [6, 6.07) is 0.534. The number of ether oxygens (including phenoxy) is 1. The van der Waals surface area contributed by atoms with Gasteiger partial charge in [-0.05, 0) is 27.3 Å². The smallest absolute Gasteiger partial charge is 0.309 e. The van der Waals surface area contributed by atoms with E-state index in [1.54, 1.807) is 0 Å². The zero-order valence-corrected chi connectivity index (χ0v) is 10.7. The van der Waals surface area contributed by atoms with Crippen LogP contribution in [0.1, 0.15) is 40.5 Å². The SMILES string of the molecule is CCCC(C)N(C)CC(C)C(=O)OCC. The van der Waals surface area contributed by atoms with E-state index >= 15 is 0 Å². The van der Waals surface area contributed by atoms with Crippen LogP contribution in [0.4, 0.5) is 0 Å². The molecular formula is C12H25NO2. The summed E-state index contributed by atoms with van der Waals surface area (Å²) in [6.45, 7) is 9.39. The molecule has 0 aliphatic heterocycles. The van der Waals surface area contributed by atoms with E-state index in [4.69, 9.17) is 4.74 Å². The van der Waals surface area contributed by atoms with Gasteiger partial charge in [-0.15, -0.1) is 0 Å². The Morgan fingerprint density at radius 3 is 2.40 bits per heavy atom. The van der Waals surface area contributed by atoms with Gasteiger partial charge in [-0.25, -0.2) is 0 Å². The molecule has 15 heavy (non-hydrogen) atoms. The molecule has 0 fully saturated rings. The van der Waals surface area contributed by atoms with E-state index < -0.39 is 0 Å². The second kappa shape index (κ2) is 7.69. The van der Waals surface area contributed by atoms with Crippen LogP contribution in [0.5, 0.6) is 0 Å². The van der Waals surface area contributed by atoms with E-state index in [1.807, 2.05) is 13.8 Å². The van der Waals surface area contributed by atoms with Crippen LogP contribution in [0.3, 0.4) is 0 Å². The molecule has 3 nitrogen and oxygen atoms in total. The standard InChI is InChI=1S/C12H25NO2/c1-6-8-11(4)13(5)9-10(3)12(14)15-7-2/h10-11H,6-9H2,1-5H3. The van der Waals surface area contributed by atoms with Crippen molar-refractivity contribution in [3.05, 3.63) is 0 Å². The van der Waals surface area contributed by atoms with Crippen molar-refractivity contribution in [3.8, 4) is 0 Å². The Morgan fingerprint density at radius 2 is 1.93 bits per heavy atom. The molecule has 0 aromatic heterocycles.